The molecule has 0 radical (unpaired) electrons. The fraction of sp³-hybridized carbons (Fsp3) is 0.304. The van der Waals surface area contributed by atoms with E-state index >= 15 is 0 Å². The molecule has 0 saturated heterocycles. The van der Waals surface area contributed by atoms with Crippen LogP contribution in [0.2, 0.25) is 0 Å². The molecule has 3 rings (SSSR count). The number of carbonyl (C=O) groups excluding carboxylic acids is 1. The predicted molar refractivity (Wildman–Crippen MR) is 111 cm³/mol. The lowest BCUT2D eigenvalue weighted by atomic mass is 10.0. The number of rotatable bonds is 7. The van der Waals surface area contributed by atoms with E-state index < -0.39 is 6.04 Å². The molecule has 5 nitrogen and oxygen atoms in total. The van der Waals surface area contributed by atoms with E-state index in [0.29, 0.717) is 24.0 Å². The lowest BCUT2D eigenvalue weighted by Crippen LogP contribution is -2.34. The summed E-state index contributed by atoms with van der Waals surface area (Å²) in [6, 6.07) is 19.6. The summed E-state index contributed by atoms with van der Waals surface area (Å²) in [4.78, 5) is 15.1. The SMILES string of the molecule is Cc1cc(NC(=O)C(c2ccccc2)N(C)Cc2ccc(C(C)C)cc2)no1. The lowest BCUT2D eigenvalue weighted by Gasteiger charge is -2.27. The van der Waals surface area contributed by atoms with Crippen molar-refractivity contribution in [1.29, 1.82) is 0 Å². The molecule has 0 saturated carbocycles. The Kier molecular flexibility index (Phi) is 6.26. The summed E-state index contributed by atoms with van der Waals surface area (Å²) >= 11 is 0. The first kappa shape index (κ1) is 19.8. The zero-order chi connectivity index (χ0) is 20.1. The van der Waals surface area contributed by atoms with Crippen LogP contribution >= 0.6 is 0 Å². The summed E-state index contributed by atoms with van der Waals surface area (Å²) in [6.45, 7) is 6.82. The van der Waals surface area contributed by atoms with Gasteiger partial charge in [-0.25, -0.2) is 0 Å². The molecule has 0 fully saturated rings. The number of aryl methyl sites for hydroxylation is 1. The van der Waals surface area contributed by atoms with Gasteiger partial charge in [-0.1, -0.05) is 73.6 Å². The molecule has 1 heterocycles. The molecule has 0 bridgehead atoms. The van der Waals surface area contributed by atoms with Crippen molar-refractivity contribution >= 4 is 11.7 Å². The van der Waals surface area contributed by atoms with E-state index in [1.165, 1.54) is 5.56 Å². The Morgan fingerprint density at radius 2 is 1.75 bits per heavy atom. The zero-order valence-electron chi connectivity index (χ0n) is 16.8. The first-order valence-corrected chi connectivity index (χ1v) is 9.52. The van der Waals surface area contributed by atoms with Gasteiger partial charge in [0.25, 0.3) is 0 Å². The van der Waals surface area contributed by atoms with Gasteiger partial charge >= 0.3 is 0 Å². The molecule has 3 aromatic rings. The van der Waals surface area contributed by atoms with Crippen molar-refractivity contribution in [1.82, 2.24) is 10.1 Å². The molecule has 146 valence electrons. The highest BCUT2D eigenvalue weighted by atomic mass is 16.5. The van der Waals surface area contributed by atoms with Gasteiger partial charge in [0.2, 0.25) is 5.91 Å². The highest BCUT2D eigenvalue weighted by Gasteiger charge is 2.26. The number of anilines is 1. The molecule has 2 aromatic carbocycles. The minimum Gasteiger partial charge on any atom is -0.360 e. The molecule has 28 heavy (non-hydrogen) atoms. The van der Waals surface area contributed by atoms with E-state index in [1.54, 1.807) is 13.0 Å². The van der Waals surface area contributed by atoms with E-state index in [2.05, 4.69) is 48.6 Å². The third-order valence-electron chi connectivity index (χ3n) is 4.76. The smallest absolute Gasteiger partial charge is 0.247 e. The fourth-order valence-electron chi connectivity index (χ4n) is 3.25. The number of nitrogens with zero attached hydrogens (tertiary/aromatic N) is 2. The Morgan fingerprint density at radius 1 is 1.07 bits per heavy atom. The molecule has 1 atom stereocenters. The Bertz CT molecular complexity index is 901. The zero-order valence-corrected chi connectivity index (χ0v) is 16.8. The monoisotopic (exact) mass is 377 g/mol. The third-order valence-corrected chi connectivity index (χ3v) is 4.76. The topological polar surface area (TPSA) is 58.4 Å². The van der Waals surface area contributed by atoms with E-state index in [0.717, 1.165) is 11.1 Å². The summed E-state index contributed by atoms with van der Waals surface area (Å²) in [5, 5.41) is 6.74. The van der Waals surface area contributed by atoms with Gasteiger partial charge in [-0.15, -0.1) is 0 Å². The number of nitrogens with one attached hydrogen (secondary N) is 1. The number of aromatic nitrogens is 1. The normalized spacial score (nSPS) is 12.4. The van der Waals surface area contributed by atoms with E-state index in [-0.39, 0.29) is 5.91 Å². The quantitative estimate of drug-likeness (QED) is 0.635. The molecule has 0 aliphatic heterocycles. The van der Waals surface area contributed by atoms with Crippen LogP contribution in [0.4, 0.5) is 5.82 Å². The van der Waals surface area contributed by atoms with Crippen LogP contribution < -0.4 is 5.32 Å². The second-order valence-electron chi connectivity index (χ2n) is 7.44. The second kappa shape index (κ2) is 8.85. The number of hydrogen-bond acceptors (Lipinski definition) is 4. The Morgan fingerprint density at radius 3 is 2.32 bits per heavy atom. The number of amides is 1. The van der Waals surface area contributed by atoms with Gasteiger partial charge in [-0.3, -0.25) is 9.69 Å². The van der Waals surface area contributed by atoms with Gasteiger partial charge < -0.3 is 9.84 Å². The molecule has 1 aromatic heterocycles. The van der Waals surface area contributed by atoms with Crippen molar-refractivity contribution < 1.29 is 9.32 Å². The molecule has 1 amide bonds. The first-order valence-electron chi connectivity index (χ1n) is 9.52. The highest BCUT2D eigenvalue weighted by Crippen LogP contribution is 2.24. The fourth-order valence-corrected chi connectivity index (χ4v) is 3.25. The molecule has 1 N–H and O–H groups in total. The minimum atomic E-state index is -0.442. The van der Waals surface area contributed by atoms with Crippen molar-refractivity contribution in [2.75, 3.05) is 12.4 Å². The first-order chi connectivity index (χ1) is 13.4. The second-order valence-corrected chi connectivity index (χ2v) is 7.44. The van der Waals surface area contributed by atoms with E-state index in [9.17, 15) is 4.79 Å². The van der Waals surface area contributed by atoms with Crippen LogP contribution in [0.5, 0.6) is 0 Å². The lowest BCUT2D eigenvalue weighted by molar-refractivity contribution is -0.121. The highest BCUT2D eigenvalue weighted by molar-refractivity contribution is 5.94. The maximum Gasteiger partial charge on any atom is 0.247 e. The van der Waals surface area contributed by atoms with Crippen LogP contribution in [0.3, 0.4) is 0 Å². The number of hydrogen-bond donors (Lipinski definition) is 1. The van der Waals surface area contributed by atoms with Crippen molar-refractivity contribution in [3.63, 3.8) is 0 Å². The van der Waals surface area contributed by atoms with Crippen LogP contribution in [0, 0.1) is 6.92 Å². The Labute approximate surface area is 166 Å². The number of benzene rings is 2. The number of likely N-dealkylation sites (N-methyl/N-ethyl adjacent to an activating group) is 1. The molecular formula is C23H27N3O2. The minimum absolute atomic E-state index is 0.138. The Hall–Kier alpha value is -2.92. The average molecular weight is 377 g/mol. The molecular weight excluding hydrogens is 350 g/mol. The third kappa shape index (κ3) is 4.87. The summed E-state index contributed by atoms with van der Waals surface area (Å²) < 4.78 is 5.06. The standard InChI is InChI=1S/C23H27N3O2/c1-16(2)19-12-10-18(11-13-19)15-26(4)22(20-8-6-5-7-9-20)23(27)24-21-14-17(3)28-25-21/h5-14,16,22H,15H2,1-4H3,(H,24,25,27). The van der Waals surface area contributed by atoms with E-state index in [1.807, 2.05) is 42.3 Å². The maximum absolute atomic E-state index is 13.1. The van der Waals surface area contributed by atoms with Gasteiger partial charge in [-0.2, -0.15) is 0 Å². The maximum atomic E-state index is 13.1. The largest absolute Gasteiger partial charge is 0.360 e. The molecule has 5 heteroatoms. The molecule has 0 aliphatic carbocycles. The van der Waals surface area contributed by atoms with Crippen LogP contribution in [0.25, 0.3) is 0 Å². The van der Waals surface area contributed by atoms with Gasteiger partial charge in [0, 0.05) is 12.6 Å². The van der Waals surface area contributed by atoms with Gasteiger partial charge in [0.15, 0.2) is 5.82 Å². The van der Waals surface area contributed by atoms with Crippen LogP contribution in [0.15, 0.2) is 65.2 Å². The van der Waals surface area contributed by atoms with Gasteiger partial charge in [0.1, 0.15) is 11.8 Å². The number of carbonyl (C=O) groups is 1. The van der Waals surface area contributed by atoms with Crippen molar-refractivity contribution in [3.8, 4) is 0 Å². The summed E-state index contributed by atoms with van der Waals surface area (Å²) in [7, 11) is 1.96. The van der Waals surface area contributed by atoms with Crippen LogP contribution in [-0.2, 0) is 11.3 Å². The molecule has 1 unspecified atom stereocenters. The summed E-state index contributed by atoms with van der Waals surface area (Å²) in [6.07, 6.45) is 0. The van der Waals surface area contributed by atoms with Crippen molar-refractivity contribution in [2.24, 2.45) is 0 Å². The predicted octanol–water partition coefficient (Wildman–Crippen LogP) is 4.92. The summed E-state index contributed by atoms with van der Waals surface area (Å²) in [5.74, 6) is 1.45. The van der Waals surface area contributed by atoms with Crippen LogP contribution in [0.1, 0.15) is 48.3 Å². The molecule has 0 aliphatic rings. The van der Waals surface area contributed by atoms with E-state index in [4.69, 9.17) is 4.52 Å². The van der Waals surface area contributed by atoms with Crippen LogP contribution in [-0.4, -0.2) is 23.0 Å². The Balaban J connectivity index is 1.80. The summed E-state index contributed by atoms with van der Waals surface area (Å²) in [5.41, 5.74) is 3.41. The average Bonchev–Trinajstić information content (AvgIpc) is 3.07. The van der Waals surface area contributed by atoms with Crippen molar-refractivity contribution in [2.45, 2.75) is 39.3 Å². The van der Waals surface area contributed by atoms with Crippen molar-refractivity contribution in [3.05, 3.63) is 83.1 Å². The van der Waals surface area contributed by atoms with Gasteiger partial charge in [-0.05, 0) is 36.6 Å². The molecule has 0 spiro atoms. The van der Waals surface area contributed by atoms with Gasteiger partial charge in [0.05, 0.1) is 0 Å².